The number of esters is 1. The van der Waals surface area contributed by atoms with Crippen molar-refractivity contribution in [3.63, 3.8) is 0 Å². The molecule has 0 aliphatic carbocycles. The van der Waals surface area contributed by atoms with Gasteiger partial charge in [0.2, 0.25) is 5.91 Å². The molecule has 1 aromatic heterocycles. The first-order chi connectivity index (χ1) is 11.7. The molecule has 0 radical (unpaired) electrons. The fourth-order valence-corrected chi connectivity index (χ4v) is 3.87. The molecule has 2 aromatic rings. The van der Waals surface area contributed by atoms with Crippen molar-refractivity contribution in [1.29, 1.82) is 0 Å². The number of amides is 1. The number of anilines is 1. The summed E-state index contributed by atoms with van der Waals surface area (Å²) < 4.78 is 4.92. The van der Waals surface area contributed by atoms with Gasteiger partial charge in [-0.25, -0.2) is 4.79 Å². The molecule has 1 saturated heterocycles. The number of likely N-dealkylation sites (tertiary alicyclic amines) is 1. The SMILES string of the molecule is COC(=O)c1c(-c2ccccc2)csc1NC(=O)CN1CCCC1. The van der Waals surface area contributed by atoms with E-state index in [1.807, 2.05) is 35.7 Å². The maximum absolute atomic E-state index is 12.3. The molecule has 2 heterocycles. The molecule has 3 rings (SSSR count). The summed E-state index contributed by atoms with van der Waals surface area (Å²) in [7, 11) is 1.35. The monoisotopic (exact) mass is 344 g/mol. The largest absolute Gasteiger partial charge is 0.465 e. The molecule has 0 bridgehead atoms. The van der Waals surface area contributed by atoms with Crippen LogP contribution in [0, 0.1) is 0 Å². The first-order valence-corrected chi connectivity index (χ1v) is 8.84. The minimum Gasteiger partial charge on any atom is -0.465 e. The first kappa shape index (κ1) is 16.7. The average molecular weight is 344 g/mol. The Hall–Kier alpha value is -2.18. The van der Waals surface area contributed by atoms with Gasteiger partial charge in [-0.3, -0.25) is 9.69 Å². The summed E-state index contributed by atoms with van der Waals surface area (Å²) in [4.78, 5) is 26.6. The van der Waals surface area contributed by atoms with Crippen LogP contribution in [0.1, 0.15) is 23.2 Å². The van der Waals surface area contributed by atoms with Crippen molar-refractivity contribution in [2.45, 2.75) is 12.8 Å². The molecule has 6 heteroatoms. The molecule has 0 saturated carbocycles. The van der Waals surface area contributed by atoms with Gasteiger partial charge in [-0.1, -0.05) is 30.3 Å². The highest BCUT2D eigenvalue weighted by atomic mass is 32.1. The predicted octanol–water partition coefficient (Wildman–Crippen LogP) is 3.24. The number of carbonyl (C=O) groups is 2. The Morgan fingerprint density at radius 3 is 2.58 bits per heavy atom. The third-order valence-electron chi connectivity index (χ3n) is 4.08. The van der Waals surface area contributed by atoms with Crippen LogP contribution in [0.4, 0.5) is 5.00 Å². The number of methoxy groups -OCH3 is 1. The van der Waals surface area contributed by atoms with Gasteiger partial charge in [0.1, 0.15) is 10.6 Å². The van der Waals surface area contributed by atoms with Gasteiger partial charge < -0.3 is 10.1 Å². The Labute approximate surface area is 145 Å². The number of thiophene rings is 1. The van der Waals surface area contributed by atoms with Crippen molar-refractivity contribution in [3.05, 3.63) is 41.3 Å². The van der Waals surface area contributed by atoms with Gasteiger partial charge in [0.25, 0.3) is 0 Å². The molecule has 1 fully saturated rings. The second-order valence-corrected chi connectivity index (χ2v) is 6.62. The van der Waals surface area contributed by atoms with Crippen molar-refractivity contribution >= 4 is 28.2 Å². The first-order valence-electron chi connectivity index (χ1n) is 7.96. The lowest BCUT2D eigenvalue weighted by Gasteiger charge is -2.14. The highest BCUT2D eigenvalue weighted by molar-refractivity contribution is 7.15. The number of carbonyl (C=O) groups excluding carboxylic acids is 2. The van der Waals surface area contributed by atoms with E-state index in [2.05, 4.69) is 10.2 Å². The molecule has 1 N–H and O–H groups in total. The van der Waals surface area contributed by atoms with Gasteiger partial charge in [0, 0.05) is 10.9 Å². The van der Waals surface area contributed by atoms with Crippen LogP contribution < -0.4 is 5.32 Å². The quantitative estimate of drug-likeness (QED) is 0.846. The molecular formula is C18H20N2O3S. The van der Waals surface area contributed by atoms with Crippen molar-refractivity contribution in [2.24, 2.45) is 0 Å². The third kappa shape index (κ3) is 3.66. The van der Waals surface area contributed by atoms with Crippen LogP contribution in [-0.2, 0) is 9.53 Å². The minimum atomic E-state index is -0.438. The highest BCUT2D eigenvalue weighted by Gasteiger charge is 2.23. The van der Waals surface area contributed by atoms with Gasteiger partial charge in [-0.05, 0) is 31.5 Å². The Bertz CT molecular complexity index is 721. The van der Waals surface area contributed by atoms with Crippen LogP contribution >= 0.6 is 11.3 Å². The van der Waals surface area contributed by atoms with E-state index in [4.69, 9.17) is 4.74 Å². The minimum absolute atomic E-state index is 0.0940. The second-order valence-electron chi connectivity index (χ2n) is 5.74. The van der Waals surface area contributed by atoms with Gasteiger partial charge in [-0.15, -0.1) is 11.3 Å². The molecule has 0 atom stereocenters. The molecule has 1 aromatic carbocycles. The fourth-order valence-electron chi connectivity index (χ4n) is 2.89. The average Bonchev–Trinajstić information content (AvgIpc) is 3.25. The van der Waals surface area contributed by atoms with Crippen LogP contribution in [0.25, 0.3) is 11.1 Å². The van der Waals surface area contributed by atoms with E-state index in [-0.39, 0.29) is 5.91 Å². The van der Waals surface area contributed by atoms with E-state index in [1.54, 1.807) is 0 Å². The maximum atomic E-state index is 12.3. The van der Waals surface area contributed by atoms with Crippen LogP contribution in [-0.4, -0.2) is 43.5 Å². The zero-order chi connectivity index (χ0) is 16.9. The summed E-state index contributed by atoms with van der Waals surface area (Å²) in [5.74, 6) is -0.532. The molecule has 24 heavy (non-hydrogen) atoms. The standard InChI is InChI=1S/C18H20N2O3S/c1-23-18(22)16-14(13-7-3-2-4-8-13)12-24-17(16)19-15(21)11-20-9-5-6-10-20/h2-4,7-8,12H,5-6,9-11H2,1H3,(H,19,21). The second kappa shape index (κ2) is 7.59. The van der Waals surface area contributed by atoms with E-state index < -0.39 is 5.97 Å². The number of ether oxygens (including phenoxy) is 1. The van der Waals surface area contributed by atoms with Crippen molar-refractivity contribution in [1.82, 2.24) is 4.90 Å². The summed E-state index contributed by atoms with van der Waals surface area (Å²) in [6.45, 7) is 2.27. The summed E-state index contributed by atoms with van der Waals surface area (Å²) in [6, 6.07) is 9.63. The van der Waals surface area contributed by atoms with Crippen molar-refractivity contribution in [3.8, 4) is 11.1 Å². The number of benzene rings is 1. The highest BCUT2D eigenvalue weighted by Crippen LogP contribution is 2.36. The van der Waals surface area contributed by atoms with Crippen LogP contribution in [0.5, 0.6) is 0 Å². The Morgan fingerprint density at radius 2 is 1.92 bits per heavy atom. The summed E-state index contributed by atoms with van der Waals surface area (Å²) in [5, 5.41) is 5.31. The lowest BCUT2D eigenvalue weighted by Crippen LogP contribution is -2.31. The van der Waals surface area contributed by atoms with Crippen LogP contribution in [0.15, 0.2) is 35.7 Å². The van der Waals surface area contributed by atoms with Gasteiger partial charge in [-0.2, -0.15) is 0 Å². The molecule has 0 unspecified atom stereocenters. The summed E-state index contributed by atoms with van der Waals surface area (Å²) in [6.07, 6.45) is 2.27. The Balaban J connectivity index is 1.83. The molecular weight excluding hydrogens is 324 g/mol. The number of nitrogens with zero attached hydrogens (tertiary/aromatic N) is 1. The zero-order valence-corrected chi connectivity index (χ0v) is 14.4. The molecule has 0 spiro atoms. The number of hydrogen-bond donors (Lipinski definition) is 1. The van der Waals surface area contributed by atoms with Gasteiger partial charge in [0.05, 0.1) is 13.7 Å². The van der Waals surface area contributed by atoms with E-state index in [0.717, 1.165) is 37.1 Å². The van der Waals surface area contributed by atoms with Gasteiger partial charge >= 0.3 is 5.97 Å². The fraction of sp³-hybridized carbons (Fsp3) is 0.333. The topological polar surface area (TPSA) is 58.6 Å². The van der Waals surface area contributed by atoms with Crippen molar-refractivity contribution in [2.75, 3.05) is 32.1 Å². The number of nitrogens with one attached hydrogen (secondary N) is 1. The van der Waals surface area contributed by atoms with Crippen LogP contribution in [0.3, 0.4) is 0 Å². The van der Waals surface area contributed by atoms with E-state index in [1.165, 1.54) is 18.4 Å². The summed E-state index contributed by atoms with van der Waals surface area (Å²) in [5.41, 5.74) is 2.13. The van der Waals surface area contributed by atoms with E-state index in [9.17, 15) is 9.59 Å². The number of hydrogen-bond acceptors (Lipinski definition) is 5. The molecule has 5 nitrogen and oxygen atoms in total. The lowest BCUT2D eigenvalue weighted by atomic mass is 10.0. The smallest absolute Gasteiger partial charge is 0.341 e. The Kier molecular flexibility index (Phi) is 5.27. The van der Waals surface area contributed by atoms with Crippen molar-refractivity contribution < 1.29 is 14.3 Å². The lowest BCUT2D eigenvalue weighted by molar-refractivity contribution is -0.117. The predicted molar refractivity (Wildman–Crippen MR) is 95.4 cm³/mol. The maximum Gasteiger partial charge on any atom is 0.341 e. The third-order valence-corrected chi connectivity index (χ3v) is 4.98. The molecule has 1 amide bonds. The molecule has 1 aliphatic heterocycles. The van der Waals surface area contributed by atoms with Crippen LogP contribution in [0.2, 0.25) is 0 Å². The summed E-state index contributed by atoms with van der Waals surface area (Å²) >= 11 is 1.35. The zero-order valence-electron chi connectivity index (χ0n) is 13.6. The normalized spacial score (nSPS) is 14.5. The number of rotatable bonds is 5. The van der Waals surface area contributed by atoms with Gasteiger partial charge in [0.15, 0.2) is 0 Å². The molecule has 1 aliphatic rings. The van der Waals surface area contributed by atoms with E-state index >= 15 is 0 Å². The Morgan fingerprint density at radius 1 is 1.21 bits per heavy atom. The molecule has 126 valence electrons. The van der Waals surface area contributed by atoms with E-state index in [0.29, 0.717) is 17.1 Å².